The molecule has 6 rings (SSSR count). The molecule has 0 spiro atoms. The number of aromatic nitrogens is 4. The smallest absolute Gasteiger partial charge is 0.264 e. The van der Waals surface area contributed by atoms with Gasteiger partial charge in [-0.1, -0.05) is 24.3 Å². The van der Waals surface area contributed by atoms with Gasteiger partial charge in [0.25, 0.3) is 15.9 Å². The number of piperidine rings is 1. The Morgan fingerprint density at radius 2 is 1.80 bits per heavy atom. The third kappa shape index (κ3) is 7.83. The van der Waals surface area contributed by atoms with Crippen molar-refractivity contribution in [3.63, 3.8) is 0 Å². The van der Waals surface area contributed by atoms with Crippen LogP contribution in [-0.2, 0) is 21.3 Å². The zero-order chi connectivity index (χ0) is 34.7. The van der Waals surface area contributed by atoms with Gasteiger partial charge in [0.05, 0.1) is 54.0 Å². The van der Waals surface area contributed by atoms with Crippen molar-refractivity contribution in [2.45, 2.75) is 83.5 Å². The van der Waals surface area contributed by atoms with Gasteiger partial charge in [-0.2, -0.15) is 4.98 Å². The number of carbonyl (C=O) groups excluding carboxylic acids is 1. The van der Waals surface area contributed by atoms with Gasteiger partial charge >= 0.3 is 0 Å². The van der Waals surface area contributed by atoms with Gasteiger partial charge in [0.15, 0.2) is 0 Å². The largest absolute Gasteiger partial charge is 0.475 e. The Labute approximate surface area is 288 Å². The molecule has 1 saturated heterocycles. The van der Waals surface area contributed by atoms with E-state index in [0.717, 1.165) is 41.9 Å². The molecule has 1 amide bonds. The number of carbonyl (C=O) groups is 1. The monoisotopic (exact) mass is 685 g/mol. The zero-order valence-electron chi connectivity index (χ0n) is 28.6. The lowest BCUT2D eigenvalue weighted by atomic mass is 10.00. The lowest BCUT2D eigenvalue weighted by Gasteiger charge is -2.35. The molecule has 2 aromatic heterocycles. The number of ether oxygens (including phenoxy) is 2. The molecule has 4 heterocycles. The molecule has 2 atom stereocenters. The van der Waals surface area contributed by atoms with Crippen molar-refractivity contribution in [3.8, 4) is 17.1 Å². The van der Waals surface area contributed by atoms with Gasteiger partial charge in [0, 0.05) is 29.8 Å². The van der Waals surface area contributed by atoms with Crippen LogP contribution < -0.4 is 14.4 Å². The van der Waals surface area contributed by atoms with Crippen LogP contribution in [0.4, 0.5) is 11.8 Å². The molecule has 1 N–H and O–H groups in total. The minimum atomic E-state index is -4.19. The number of benzene rings is 2. The van der Waals surface area contributed by atoms with Crippen LogP contribution in [0.25, 0.3) is 11.3 Å². The van der Waals surface area contributed by atoms with E-state index in [9.17, 15) is 13.2 Å². The van der Waals surface area contributed by atoms with Gasteiger partial charge in [0.1, 0.15) is 12.4 Å². The number of rotatable bonds is 7. The Bertz CT molecular complexity index is 1920. The van der Waals surface area contributed by atoms with E-state index in [2.05, 4.69) is 31.5 Å². The highest BCUT2D eigenvalue weighted by atomic mass is 32.2. The second-order valence-electron chi connectivity index (χ2n) is 13.0. The first kappa shape index (κ1) is 34.3. The molecule has 0 saturated carbocycles. The van der Waals surface area contributed by atoms with Crippen molar-refractivity contribution in [2.24, 2.45) is 0 Å². The second-order valence-corrected chi connectivity index (χ2v) is 14.7. The summed E-state index contributed by atoms with van der Waals surface area (Å²) in [6.07, 6.45) is 6.63. The van der Waals surface area contributed by atoms with E-state index in [1.165, 1.54) is 18.6 Å². The summed E-state index contributed by atoms with van der Waals surface area (Å²) < 4.78 is 42.3. The van der Waals surface area contributed by atoms with Gasteiger partial charge in [-0.15, -0.1) is 0 Å². The lowest BCUT2D eigenvalue weighted by molar-refractivity contribution is 0.00630. The Balaban J connectivity index is 1.45. The minimum Gasteiger partial charge on any atom is -0.475 e. The maximum absolute atomic E-state index is 14.4. The van der Waals surface area contributed by atoms with Crippen LogP contribution in [0.15, 0.2) is 65.8 Å². The molecule has 1 fully saturated rings. The first-order chi connectivity index (χ1) is 23.5. The van der Waals surface area contributed by atoms with E-state index in [1.807, 2.05) is 45.9 Å². The molecule has 0 radical (unpaired) electrons. The summed E-state index contributed by atoms with van der Waals surface area (Å²) in [5.41, 5.74) is 4.06. The van der Waals surface area contributed by atoms with Crippen molar-refractivity contribution in [1.29, 1.82) is 0 Å². The van der Waals surface area contributed by atoms with Crippen molar-refractivity contribution >= 4 is 27.7 Å². The highest BCUT2D eigenvalue weighted by Gasteiger charge is 2.30. The predicted molar refractivity (Wildman–Crippen MR) is 187 cm³/mol. The number of hydrogen-bond acceptors (Lipinski definition) is 10. The fourth-order valence-corrected chi connectivity index (χ4v) is 7.32. The van der Waals surface area contributed by atoms with Crippen LogP contribution in [0.3, 0.4) is 0 Å². The molecule has 2 aliphatic rings. The molecule has 13 heteroatoms. The molecule has 2 aliphatic heterocycles. The van der Waals surface area contributed by atoms with Crippen molar-refractivity contribution < 1.29 is 22.7 Å². The molecule has 0 aliphatic carbocycles. The first-order valence-electron chi connectivity index (χ1n) is 16.7. The normalized spacial score (nSPS) is 19.3. The van der Waals surface area contributed by atoms with Gasteiger partial charge in [-0.25, -0.2) is 23.1 Å². The Morgan fingerprint density at radius 1 is 1.02 bits per heavy atom. The average molecular weight is 686 g/mol. The number of sulfonamides is 1. The summed E-state index contributed by atoms with van der Waals surface area (Å²) in [4.78, 5) is 36.7. The van der Waals surface area contributed by atoms with E-state index in [-0.39, 0.29) is 48.1 Å². The Hall–Kier alpha value is -4.62. The van der Waals surface area contributed by atoms with Gasteiger partial charge < -0.3 is 19.3 Å². The van der Waals surface area contributed by atoms with Gasteiger partial charge in [0.2, 0.25) is 11.8 Å². The van der Waals surface area contributed by atoms with Crippen LogP contribution in [0.1, 0.15) is 67.2 Å². The fraction of sp³-hybridized carbons (Fsp3) is 0.417. The molecule has 12 nitrogen and oxygen atoms in total. The summed E-state index contributed by atoms with van der Waals surface area (Å²) >= 11 is 0. The average Bonchev–Trinajstić information content (AvgIpc) is 3.07. The molecule has 4 bridgehead atoms. The van der Waals surface area contributed by atoms with E-state index in [1.54, 1.807) is 35.5 Å². The van der Waals surface area contributed by atoms with Gasteiger partial charge in [-0.05, 0) is 83.2 Å². The van der Waals surface area contributed by atoms with Crippen LogP contribution in [-0.4, -0.2) is 77.1 Å². The summed E-state index contributed by atoms with van der Waals surface area (Å²) in [6, 6.07) is 13.3. The van der Waals surface area contributed by atoms with E-state index in [0.29, 0.717) is 17.4 Å². The van der Waals surface area contributed by atoms with E-state index >= 15 is 0 Å². The van der Waals surface area contributed by atoms with Crippen LogP contribution in [0.5, 0.6) is 5.88 Å². The van der Waals surface area contributed by atoms with Crippen LogP contribution >= 0.6 is 0 Å². The molecular formula is C36H43N7O5S. The molecule has 258 valence electrons. The number of fused-ring (bicyclic) bond motifs is 4. The molecule has 49 heavy (non-hydrogen) atoms. The standard InChI is InChI=1S/C36H43N7O5S/c1-23(2)47-21-29-22-48-33-17-31(34-24(3)10-8-11-25(34)4)39-36(40-33)41-49(45,46)30-14-9-13-27(16-30)35(44)43(29)20-28-18-37-19-32(38-28)42-15-7-6-12-26(42)5/h8-11,13-14,16-19,23,26,29H,6-7,12,15,20-22H2,1-5H3,(H,39,40,41)/t26-,29-/m1/s1. The summed E-state index contributed by atoms with van der Waals surface area (Å²) in [7, 11) is -4.19. The van der Waals surface area contributed by atoms with Crippen LogP contribution in [0.2, 0.25) is 0 Å². The molecule has 2 aromatic carbocycles. The summed E-state index contributed by atoms with van der Waals surface area (Å²) in [5, 5.41) is 0. The number of nitrogens with zero attached hydrogens (tertiary/aromatic N) is 6. The van der Waals surface area contributed by atoms with Crippen LogP contribution in [0, 0.1) is 13.8 Å². The molecular weight excluding hydrogens is 643 g/mol. The van der Waals surface area contributed by atoms with Crippen molar-refractivity contribution in [1.82, 2.24) is 24.8 Å². The fourth-order valence-electron chi connectivity index (χ4n) is 6.33. The Kier molecular flexibility index (Phi) is 10.1. The summed E-state index contributed by atoms with van der Waals surface area (Å²) in [6.45, 7) is 11.1. The maximum Gasteiger partial charge on any atom is 0.264 e. The maximum atomic E-state index is 14.4. The summed E-state index contributed by atoms with van der Waals surface area (Å²) in [5.74, 6) is 0.377. The number of nitrogens with one attached hydrogen (secondary N) is 1. The molecule has 4 aromatic rings. The van der Waals surface area contributed by atoms with Gasteiger partial charge in [-0.3, -0.25) is 9.78 Å². The minimum absolute atomic E-state index is 0.00380. The second kappa shape index (κ2) is 14.5. The quantitative estimate of drug-likeness (QED) is 0.263. The zero-order valence-corrected chi connectivity index (χ0v) is 29.4. The SMILES string of the molecule is Cc1cccc(C)c1-c1cc2nc(n1)NS(=O)(=O)c1cccc(c1)C(=O)N(Cc1cncc(N3CCCC[C@H]3C)n1)[C@H](COC(C)C)CO2. The number of anilines is 2. The first-order valence-corrected chi connectivity index (χ1v) is 18.2. The van der Waals surface area contributed by atoms with Crippen molar-refractivity contribution in [2.75, 3.05) is 29.4 Å². The van der Waals surface area contributed by atoms with Crippen molar-refractivity contribution in [3.05, 3.63) is 83.3 Å². The highest BCUT2D eigenvalue weighted by Crippen LogP contribution is 2.30. The Morgan fingerprint density at radius 3 is 2.55 bits per heavy atom. The number of hydrogen-bond donors (Lipinski definition) is 1. The lowest BCUT2D eigenvalue weighted by Crippen LogP contribution is -2.46. The highest BCUT2D eigenvalue weighted by molar-refractivity contribution is 7.92. The molecule has 0 unspecified atom stereocenters. The third-order valence-corrected chi connectivity index (χ3v) is 10.2. The topological polar surface area (TPSA) is 140 Å². The number of amides is 1. The van der Waals surface area contributed by atoms with E-state index < -0.39 is 22.0 Å². The number of aryl methyl sites for hydroxylation is 2. The predicted octanol–water partition coefficient (Wildman–Crippen LogP) is 5.56. The van der Waals surface area contributed by atoms with E-state index in [4.69, 9.17) is 14.5 Å². The third-order valence-electron chi connectivity index (χ3n) is 8.91.